The molecule has 2 rings (SSSR count). The van der Waals surface area contributed by atoms with Crippen molar-refractivity contribution < 1.29 is 14.2 Å². The van der Waals surface area contributed by atoms with Gasteiger partial charge >= 0.3 is 0 Å². The van der Waals surface area contributed by atoms with Gasteiger partial charge in [0, 0.05) is 10.0 Å². The normalized spacial score (nSPS) is 16.3. The summed E-state index contributed by atoms with van der Waals surface area (Å²) in [5.74, 6) is -1.70. The maximum Gasteiger partial charge on any atom is 0.206 e. The van der Waals surface area contributed by atoms with Crippen LogP contribution in [0.5, 0.6) is 0 Å². The number of hydrogen-bond acceptors (Lipinski definition) is 3. The molecule has 6 heteroatoms. The van der Waals surface area contributed by atoms with Crippen molar-refractivity contribution in [1.29, 1.82) is 0 Å². The Kier molecular flexibility index (Phi) is 7.27. The quantitative estimate of drug-likeness (QED) is 0.725. The van der Waals surface area contributed by atoms with Gasteiger partial charge in [0.2, 0.25) is 8.38 Å². The van der Waals surface area contributed by atoms with E-state index in [9.17, 15) is 4.39 Å². The lowest BCUT2D eigenvalue weighted by Crippen LogP contribution is -2.03. The molecule has 1 atom stereocenters. The highest BCUT2D eigenvalue weighted by atomic mass is 79.9. The van der Waals surface area contributed by atoms with Gasteiger partial charge in [-0.1, -0.05) is 28.1 Å². The first-order chi connectivity index (χ1) is 8.52. The molecule has 3 N–H and O–H groups in total. The van der Waals surface area contributed by atoms with Crippen molar-refractivity contribution in [2.24, 2.45) is 0 Å². The summed E-state index contributed by atoms with van der Waals surface area (Å²) in [6.07, 6.45) is 2.78. The van der Waals surface area contributed by atoms with Gasteiger partial charge in [-0.05, 0) is 44.5 Å². The fourth-order valence-electron chi connectivity index (χ4n) is 1.57. The summed E-state index contributed by atoms with van der Waals surface area (Å²) in [7, 11) is -2.56. The predicted octanol–water partition coefficient (Wildman–Crippen LogP) is 3.39. The van der Waals surface area contributed by atoms with E-state index in [-0.39, 0.29) is 5.56 Å². The summed E-state index contributed by atoms with van der Waals surface area (Å²) in [6.45, 7) is 4.38. The van der Waals surface area contributed by atoms with Gasteiger partial charge in [-0.3, -0.25) is 0 Å². The summed E-state index contributed by atoms with van der Waals surface area (Å²) in [5, 5.41) is 3.22. The third-order valence-electron chi connectivity index (χ3n) is 2.57. The number of hydrogen-bond donors (Lipinski definition) is 3. The van der Waals surface area contributed by atoms with Crippen molar-refractivity contribution in [2.75, 3.05) is 13.1 Å². The van der Waals surface area contributed by atoms with Crippen LogP contribution in [0.4, 0.5) is 4.39 Å². The van der Waals surface area contributed by atoms with Crippen molar-refractivity contribution in [3.63, 3.8) is 0 Å². The molecular formula is C12H18BrFNO2P. The Morgan fingerprint density at radius 2 is 1.94 bits per heavy atom. The van der Waals surface area contributed by atoms with E-state index in [2.05, 4.69) is 21.2 Å². The van der Waals surface area contributed by atoms with E-state index >= 15 is 0 Å². The zero-order valence-corrected chi connectivity index (χ0v) is 12.7. The van der Waals surface area contributed by atoms with Crippen molar-refractivity contribution in [3.8, 4) is 0 Å². The Morgan fingerprint density at radius 3 is 2.33 bits per heavy atom. The Morgan fingerprint density at radius 1 is 1.33 bits per heavy atom. The van der Waals surface area contributed by atoms with E-state index in [1.54, 1.807) is 18.2 Å². The first-order valence-electron chi connectivity index (χ1n) is 5.80. The highest BCUT2D eigenvalue weighted by Gasteiger charge is 2.21. The second-order valence-corrected chi connectivity index (χ2v) is 6.09. The molecule has 1 heterocycles. The number of nitrogens with one attached hydrogen (secondary N) is 1. The number of alkyl halides is 1. The minimum absolute atomic E-state index is 0.279. The molecule has 1 aromatic rings. The predicted molar refractivity (Wildman–Crippen MR) is 76.2 cm³/mol. The topological polar surface area (TPSA) is 52.5 Å². The summed E-state index contributed by atoms with van der Waals surface area (Å²) in [5.41, 5.74) is 1.27. The van der Waals surface area contributed by atoms with Gasteiger partial charge in [-0.2, -0.15) is 0 Å². The van der Waals surface area contributed by atoms with Gasteiger partial charge < -0.3 is 15.1 Å². The van der Waals surface area contributed by atoms with Crippen LogP contribution in [0.25, 0.3) is 0 Å². The third-order valence-corrected chi connectivity index (χ3v) is 3.94. The molecule has 0 amide bonds. The average molecular weight is 338 g/mol. The summed E-state index contributed by atoms with van der Waals surface area (Å²) < 4.78 is 13.7. The largest absolute Gasteiger partial charge is 0.348 e. The molecule has 1 aliphatic heterocycles. The van der Waals surface area contributed by atoms with Gasteiger partial charge in [0.05, 0.1) is 0 Å². The van der Waals surface area contributed by atoms with Crippen LogP contribution in [-0.4, -0.2) is 22.9 Å². The van der Waals surface area contributed by atoms with Gasteiger partial charge in [0.15, 0.2) is 5.91 Å². The molecule has 0 spiro atoms. The Balaban J connectivity index is 0.000000269. The highest BCUT2D eigenvalue weighted by Crippen LogP contribution is 2.46. The van der Waals surface area contributed by atoms with Crippen LogP contribution in [0.1, 0.15) is 29.9 Å². The van der Waals surface area contributed by atoms with E-state index in [1.165, 1.54) is 25.9 Å². The lowest BCUT2D eigenvalue weighted by molar-refractivity contribution is 0.372. The van der Waals surface area contributed by atoms with E-state index in [1.807, 2.05) is 6.92 Å². The molecule has 1 fully saturated rings. The number of rotatable bonds is 2. The highest BCUT2D eigenvalue weighted by molar-refractivity contribution is 9.10. The SMILES string of the molecule is C1CCNC1.Cc1ccc(C(F)P(O)O)c(Br)c1. The van der Waals surface area contributed by atoms with Crippen LogP contribution in [0.15, 0.2) is 22.7 Å². The van der Waals surface area contributed by atoms with Crippen molar-refractivity contribution >= 4 is 24.3 Å². The van der Waals surface area contributed by atoms with E-state index < -0.39 is 14.3 Å². The molecule has 1 unspecified atom stereocenters. The fraction of sp³-hybridized carbons (Fsp3) is 0.500. The van der Waals surface area contributed by atoms with Gasteiger partial charge in [-0.25, -0.2) is 4.39 Å². The average Bonchev–Trinajstić information content (AvgIpc) is 2.86. The molecule has 0 aromatic heterocycles. The monoisotopic (exact) mass is 337 g/mol. The molecule has 0 aliphatic carbocycles. The van der Waals surface area contributed by atoms with Crippen molar-refractivity contribution in [3.05, 3.63) is 33.8 Å². The maximum absolute atomic E-state index is 13.1. The minimum Gasteiger partial charge on any atom is -0.348 e. The second-order valence-electron chi connectivity index (χ2n) is 4.14. The zero-order chi connectivity index (χ0) is 13.5. The zero-order valence-electron chi connectivity index (χ0n) is 10.2. The van der Waals surface area contributed by atoms with E-state index in [0.29, 0.717) is 4.47 Å². The lowest BCUT2D eigenvalue weighted by Gasteiger charge is -2.11. The summed E-state index contributed by atoms with van der Waals surface area (Å²) >= 11 is 3.16. The Labute approximate surface area is 116 Å². The van der Waals surface area contributed by atoms with Gasteiger partial charge in [0.1, 0.15) is 0 Å². The fourth-order valence-corrected chi connectivity index (χ4v) is 2.92. The summed E-state index contributed by atoms with van der Waals surface area (Å²) in [4.78, 5) is 17.4. The number of aryl methyl sites for hydroxylation is 1. The molecule has 1 aromatic carbocycles. The molecule has 1 aliphatic rings. The standard InChI is InChI=1S/C8H9BrFO2P.C4H9N/c1-5-2-3-6(7(9)4-5)8(10)13(11)12;1-2-4-5-3-1/h2-4,8,11-12H,1H3;5H,1-4H2. The molecule has 0 bridgehead atoms. The van der Waals surface area contributed by atoms with E-state index in [0.717, 1.165) is 5.56 Å². The first kappa shape index (κ1) is 16.0. The second kappa shape index (κ2) is 8.18. The summed E-state index contributed by atoms with van der Waals surface area (Å²) in [6, 6.07) is 5.01. The van der Waals surface area contributed by atoms with Crippen LogP contribution in [-0.2, 0) is 0 Å². The van der Waals surface area contributed by atoms with Crippen LogP contribution in [0.2, 0.25) is 0 Å². The number of halogens is 2. The first-order valence-corrected chi connectivity index (χ1v) is 7.91. The molecule has 3 nitrogen and oxygen atoms in total. The lowest BCUT2D eigenvalue weighted by atomic mass is 10.2. The van der Waals surface area contributed by atoms with E-state index in [4.69, 9.17) is 9.79 Å². The Bertz CT molecular complexity index is 367. The van der Waals surface area contributed by atoms with Crippen molar-refractivity contribution in [2.45, 2.75) is 25.7 Å². The Hall–Kier alpha value is -0.0600. The molecule has 1 saturated heterocycles. The van der Waals surface area contributed by atoms with Gasteiger partial charge in [0.25, 0.3) is 0 Å². The molecule has 18 heavy (non-hydrogen) atoms. The minimum atomic E-state index is -2.56. The van der Waals surface area contributed by atoms with Crippen LogP contribution in [0.3, 0.4) is 0 Å². The van der Waals surface area contributed by atoms with Crippen LogP contribution in [0, 0.1) is 6.92 Å². The molecular weight excluding hydrogens is 320 g/mol. The smallest absolute Gasteiger partial charge is 0.206 e. The van der Waals surface area contributed by atoms with Gasteiger partial charge in [-0.15, -0.1) is 0 Å². The molecule has 102 valence electrons. The third kappa shape index (κ3) is 5.29. The maximum atomic E-state index is 13.1. The number of benzene rings is 1. The van der Waals surface area contributed by atoms with Crippen LogP contribution >= 0.6 is 24.3 Å². The van der Waals surface area contributed by atoms with Crippen LogP contribution < -0.4 is 5.32 Å². The van der Waals surface area contributed by atoms with Crippen molar-refractivity contribution in [1.82, 2.24) is 5.32 Å². The molecule has 0 saturated carbocycles. The molecule has 0 radical (unpaired) electrons.